The molecule has 1 N–H and O–H groups in total. The van der Waals surface area contributed by atoms with Gasteiger partial charge in [-0.3, -0.25) is 0 Å². The van der Waals surface area contributed by atoms with Crippen LogP contribution in [0.4, 0.5) is 0 Å². The van der Waals surface area contributed by atoms with Crippen LogP contribution < -0.4 is 5.32 Å². The Morgan fingerprint density at radius 3 is 1.30 bits per heavy atom. The molecule has 2 unspecified atom stereocenters. The van der Waals surface area contributed by atoms with Crippen molar-refractivity contribution in [3.63, 3.8) is 0 Å². The molecule has 0 radical (unpaired) electrons. The fourth-order valence-electron chi connectivity index (χ4n) is 5.97. The second-order valence-electron chi connectivity index (χ2n) is 17.9. The van der Waals surface area contributed by atoms with E-state index >= 15 is 0 Å². The molecule has 0 saturated carbocycles. The highest BCUT2D eigenvalue weighted by Gasteiger charge is 2.49. The summed E-state index contributed by atoms with van der Waals surface area (Å²) in [4.78, 5) is 0. The average molecular weight is 931 g/mol. The van der Waals surface area contributed by atoms with Crippen molar-refractivity contribution in [2.75, 3.05) is 119 Å². The van der Waals surface area contributed by atoms with Gasteiger partial charge >= 0.3 is 0 Å². The number of hydrogen-bond acceptors (Lipinski definition) is 13. The topological polar surface area (TPSA) is 85.9 Å². The summed E-state index contributed by atoms with van der Waals surface area (Å²) in [5, 5.41) is 3.38. The number of hydrogen-bond donors (Lipinski definition) is 1. The van der Waals surface area contributed by atoms with E-state index in [-0.39, 0.29) is 18.3 Å². The standard InChI is InChI=1S/C47H95NO8S4/c1-38(2)15-33-57-29-11-20-51-37-43-44(52-21-12-30-58-34-16-39(3)4)45(53-22-13-31-59-35-17-40(5)6)46(54-23-14-32-60-36-18-41(7)8)47(56-43)55-28-27-50-26-25-49-24-19-48-42(9)10/h38-48H,11-37H2,1-10H3/t43?,44-,45+,46?,47-/m1/s1. The summed E-state index contributed by atoms with van der Waals surface area (Å²) in [5.74, 6) is 12.0. The van der Waals surface area contributed by atoms with Crippen LogP contribution in [-0.2, 0) is 37.9 Å². The highest BCUT2D eigenvalue weighted by molar-refractivity contribution is 7.99. The van der Waals surface area contributed by atoms with Gasteiger partial charge in [0.1, 0.15) is 24.4 Å². The van der Waals surface area contributed by atoms with Gasteiger partial charge in [-0.15, -0.1) is 0 Å². The highest BCUT2D eigenvalue weighted by Crippen LogP contribution is 2.30. The molecule has 0 spiro atoms. The molecule has 1 aliphatic heterocycles. The van der Waals surface area contributed by atoms with Crippen molar-refractivity contribution in [2.24, 2.45) is 23.7 Å². The molecule has 60 heavy (non-hydrogen) atoms. The molecule has 1 aliphatic rings. The van der Waals surface area contributed by atoms with E-state index in [2.05, 4.69) is 74.6 Å². The van der Waals surface area contributed by atoms with Gasteiger partial charge in [-0.25, -0.2) is 0 Å². The number of thioether (sulfide) groups is 4. The molecule has 0 amide bonds. The van der Waals surface area contributed by atoms with Gasteiger partial charge in [0.2, 0.25) is 0 Å². The minimum Gasteiger partial charge on any atom is -0.379 e. The Morgan fingerprint density at radius 1 is 0.417 bits per heavy atom. The predicted octanol–water partition coefficient (Wildman–Crippen LogP) is 10.6. The van der Waals surface area contributed by atoms with Crippen LogP contribution >= 0.6 is 47.0 Å². The molecule has 360 valence electrons. The Morgan fingerprint density at radius 2 is 0.833 bits per heavy atom. The zero-order chi connectivity index (χ0) is 44.1. The van der Waals surface area contributed by atoms with Gasteiger partial charge in [0, 0.05) is 39.0 Å². The fourth-order valence-corrected chi connectivity index (χ4v) is 10.6. The van der Waals surface area contributed by atoms with E-state index < -0.39 is 12.4 Å². The van der Waals surface area contributed by atoms with Gasteiger partial charge in [-0.2, -0.15) is 47.0 Å². The van der Waals surface area contributed by atoms with Gasteiger partial charge in [0.05, 0.1) is 39.6 Å². The van der Waals surface area contributed by atoms with Crippen LogP contribution in [0.25, 0.3) is 0 Å². The van der Waals surface area contributed by atoms with Gasteiger partial charge in [0.25, 0.3) is 0 Å². The van der Waals surface area contributed by atoms with Crippen LogP contribution in [-0.4, -0.2) is 155 Å². The molecule has 13 heteroatoms. The third kappa shape index (κ3) is 35.3. The minimum absolute atomic E-state index is 0.330. The Balaban J connectivity index is 3.11. The van der Waals surface area contributed by atoms with Gasteiger partial charge in [0.15, 0.2) is 6.29 Å². The molecule has 0 bridgehead atoms. The van der Waals surface area contributed by atoms with E-state index in [4.69, 9.17) is 37.9 Å². The molecule has 1 saturated heterocycles. The van der Waals surface area contributed by atoms with E-state index in [0.29, 0.717) is 72.1 Å². The van der Waals surface area contributed by atoms with Crippen LogP contribution in [0.3, 0.4) is 0 Å². The molecule has 9 nitrogen and oxygen atoms in total. The van der Waals surface area contributed by atoms with E-state index in [1.165, 1.54) is 48.7 Å². The lowest BCUT2D eigenvalue weighted by Gasteiger charge is -2.46. The molecule has 5 atom stereocenters. The first-order valence-electron chi connectivity index (χ1n) is 23.9. The second kappa shape index (κ2) is 41.5. The first-order chi connectivity index (χ1) is 29.0. The first-order valence-corrected chi connectivity index (χ1v) is 28.5. The maximum Gasteiger partial charge on any atom is 0.187 e. The lowest BCUT2D eigenvalue weighted by molar-refractivity contribution is -0.324. The van der Waals surface area contributed by atoms with Crippen molar-refractivity contribution in [1.82, 2.24) is 5.32 Å². The average Bonchev–Trinajstić information content (AvgIpc) is 3.19. The molecule has 0 aromatic heterocycles. The molecule has 1 fully saturated rings. The summed E-state index contributed by atoms with van der Waals surface area (Å²) in [6, 6.07) is 0.453. The lowest BCUT2D eigenvalue weighted by atomic mass is 9.98. The summed E-state index contributed by atoms with van der Waals surface area (Å²) in [6.07, 6.45) is 6.83. The lowest BCUT2D eigenvalue weighted by Crippen LogP contribution is -2.62. The molecular weight excluding hydrogens is 835 g/mol. The molecule has 1 rings (SSSR count). The maximum atomic E-state index is 6.89. The van der Waals surface area contributed by atoms with E-state index in [0.717, 1.165) is 78.9 Å². The number of rotatable bonds is 44. The van der Waals surface area contributed by atoms with E-state index in [1.54, 1.807) is 0 Å². The summed E-state index contributed by atoms with van der Waals surface area (Å²) in [6.45, 7) is 29.0. The van der Waals surface area contributed by atoms with E-state index in [1.807, 2.05) is 47.0 Å². The normalized spacial score (nSPS) is 19.9. The summed E-state index contributed by atoms with van der Waals surface area (Å²) >= 11 is 8.08. The maximum absolute atomic E-state index is 6.89. The third-order valence-electron chi connectivity index (χ3n) is 9.72. The molecular formula is C47H95NO8S4. The summed E-state index contributed by atoms with van der Waals surface area (Å²) in [7, 11) is 0. The van der Waals surface area contributed by atoms with Gasteiger partial charge in [-0.1, -0.05) is 69.2 Å². The largest absolute Gasteiger partial charge is 0.379 e. The van der Waals surface area contributed by atoms with Crippen molar-refractivity contribution in [3.8, 4) is 0 Å². The fraction of sp³-hybridized carbons (Fsp3) is 1.00. The second-order valence-corrected chi connectivity index (χ2v) is 22.8. The Bertz CT molecular complexity index is 909. The SMILES string of the molecule is CC(C)CCSCCCOCC1O[C@@H](OCCOCCOCCNC(C)C)C(OCCCSCCC(C)C)[C@@H](OCCCSCCC(C)C)[C@@H]1OCCCSCCC(C)C. The Kier molecular flexibility index (Phi) is 40.8. The third-order valence-corrected chi connectivity index (χ3v) is 14.1. The predicted molar refractivity (Wildman–Crippen MR) is 265 cm³/mol. The Hall–Kier alpha value is 1.04. The van der Waals surface area contributed by atoms with Crippen molar-refractivity contribution < 1.29 is 37.9 Å². The van der Waals surface area contributed by atoms with Crippen LogP contribution in [0.5, 0.6) is 0 Å². The van der Waals surface area contributed by atoms with Crippen LogP contribution in [0.2, 0.25) is 0 Å². The van der Waals surface area contributed by atoms with Crippen molar-refractivity contribution in [1.29, 1.82) is 0 Å². The smallest absolute Gasteiger partial charge is 0.187 e. The Labute approximate surface area is 387 Å². The van der Waals surface area contributed by atoms with Crippen molar-refractivity contribution in [3.05, 3.63) is 0 Å². The minimum atomic E-state index is -0.627. The van der Waals surface area contributed by atoms with Crippen LogP contribution in [0.15, 0.2) is 0 Å². The molecule has 1 heterocycles. The van der Waals surface area contributed by atoms with Gasteiger partial charge < -0.3 is 43.2 Å². The molecule has 0 aromatic carbocycles. The van der Waals surface area contributed by atoms with Crippen LogP contribution in [0.1, 0.15) is 121 Å². The number of nitrogens with one attached hydrogen (secondary N) is 1. The molecule has 0 aromatic rings. The first kappa shape index (κ1) is 59.1. The highest BCUT2D eigenvalue weighted by atomic mass is 32.2. The van der Waals surface area contributed by atoms with Gasteiger partial charge in [-0.05, 0) is 121 Å². The summed E-state index contributed by atoms with van der Waals surface area (Å²) < 4.78 is 51.9. The quantitative estimate of drug-likeness (QED) is 0.0589. The monoisotopic (exact) mass is 930 g/mol. The zero-order valence-corrected chi connectivity index (χ0v) is 43.5. The summed E-state index contributed by atoms with van der Waals surface area (Å²) in [5.41, 5.74) is 0. The zero-order valence-electron chi connectivity index (χ0n) is 40.3. The van der Waals surface area contributed by atoms with Crippen LogP contribution in [0, 0.1) is 23.7 Å². The van der Waals surface area contributed by atoms with Crippen molar-refractivity contribution in [2.45, 2.75) is 157 Å². The van der Waals surface area contributed by atoms with E-state index in [9.17, 15) is 0 Å². The van der Waals surface area contributed by atoms with Crippen molar-refractivity contribution >= 4 is 47.0 Å². The number of ether oxygens (including phenoxy) is 8. The molecule has 0 aliphatic carbocycles.